The van der Waals surface area contributed by atoms with Gasteiger partial charge in [0.2, 0.25) is 0 Å². The summed E-state index contributed by atoms with van der Waals surface area (Å²) in [6, 6.07) is 10.3. The molecule has 2 saturated heterocycles. The van der Waals surface area contributed by atoms with Gasteiger partial charge in [0.15, 0.2) is 0 Å². The van der Waals surface area contributed by atoms with Crippen LogP contribution in [0.3, 0.4) is 0 Å². The molecule has 2 aromatic heterocycles. The molecule has 3 N–H and O–H groups in total. The van der Waals surface area contributed by atoms with Crippen LogP contribution in [0.1, 0.15) is 12.0 Å². The number of ether oxygens (including phenoxy) is 1. The molecule has 1 atom stereocenters. The molecular formula is C25H27F9N4O7. The van der Waals surface area contributed by atoms with Crippen molar-refractivity contribution in [2.75, 3.05) is 44.3 Å². The molecule has 0 aliphatic carbocycles. The van der Waals surface area contributed by atoms with Crippen molar-refractivity contribution >= 4 is 23.7 Å². The number of halogens is 9. The Morgan fingerprint density at radius 3 is 1.73 bits per heavy atom. The van der Waals surface area contributed by atoms with Crippen molar-refractivity contribution in [1.82, 2.24) is 14.9 Å². The Kier molecular flexibility index (Phi) is 14.5. The van der Waals surface area contributed by atoms with Crippen molar-refractivity contribution in [3.63, 3.8) is 0 Å². The molecule has 4 heterocycles. The summed E-state index contributed by atoms with van der Waals surface area (Å²) in [5.41, 5.74) is 1.53. The summed E-state index contributed by atoms with van der Waals surface area (Å²) in [5, 5.41) is 21.4. The van der Waals surface area contributed by atoms with E-state index in [1.807, 2.05) is 24.7 Å². The van der Waals surface area contributed by atoms with E-state index in [1.54, 1.807) is 0 Å². The molecule has 2 aromatic rings. The van der Waals surface area contributed by atoms with Crippen molar-refractivity contribution < 1.29 is 74.0 Å². The minimum Gasteiger partial charge on any atom is -0.475 e. The van der Waals surface area contributed by atoms with Crippen molar-refractivity contribution in [2.45, 2.75) is 31.5 Å². The van der Waals surface area contributed by atoms with Crippen molar-refractivity contribution in [3.8, 4) is 0 Å². The van der Waals surface area contributed by atoms with Gasteiger partial charge in [0, 0.05) is 56.7 Å². The first kappa shape index (κ1) is 38.8. The molecule has 0 radical (unpaired) electrons. The third-order valence-corrected chi connectivity index (χ3v) is 5.81. The van der Waals surface area contributed by atoms with Gasteiger partial charge in [-0.1, -0.05) is 6.07 Å². The second kappa shape index (κ2) is 16.8. The van der Waals surface area contributed by atoms with Crippen LogP contribution in [0.15, 0.2) is 48.9 Å². The van der Waals surface area contributed by atoms with E-state index in [9.17, 15) is 39.5 Å². The third kappa shape index (κ3) is 14.9. The number of aliphatic carboxylic acids is 3. The van der Waals surface area contributed by atoms with Crippen LogP contribution in [0.4, 0.5) is 45.3 Å². The number of aromatic nitrogens is 2. The number of carboxylic acid groups (broad SMARTS) is 3. The topological polar surface area (TPSA) is 153 Å². The highest BCUT2D eigenvalue weighted by atomic mass is 19.4. The summed E-state index contributed by atoms with van der Waals surface area (Å²) in [6.07, 6.45) is -8.47. The van der Waals surface area contributed by atoms with Crippen LogP contribution in [0, 0.1) is 5.41 Å². The van der Waals surface area contributed by atoms with Crippen LogP contribution in [-0.2, 0) is 25.7 Å². The quantitative estimate of drug-likeness (QED) is 0.406. The van der Waals surface area contributed by atoms with Crippen molar-refractivity contribution in [3.05, 3.63) is 54.5 Å². The van der Waals surface area contributed by atoms with Gasteiger partial charge in [0.1, 0.15) is 5.82 Å². The fourth-order valence-corrected chi connectivity index (χ4v) is 3.88. The SMILES string of the molecule is O=C(O)C(F)(F)F.O=C(O)C(F)(F)F.O=C(O)C(F)(F)F.c1ccc(N2CCC3(COCCN(Cc4ccncc4)C3)C2)nc1. The van der Waals surface area contributed by atoms with Crippen LogP contribution in [0.25, 0.3) is 0 Å². The highest BCUT2D eigenvalue weighted by Crippen LogP contribution is 2.35. The summed E-state index contributed by atoms with van der Waals surface area (Å²) in [6.45, 7) is 6.80. The highest BCUT2D eigenvalue weighted by Gasteiger charge is 2.42. The summed E-state index contributed by atoms with van der Waals surface area (Å²) >= 11 is 0. The molecule has 0 aromatic carbocycles. The fraction of sp³-hybridized carbons (Fsp3) is 0.480. The average Bonchev–Trinajstić information content (AvgIpc) is 3.25. The van der Waals surface area contributed by atoms with Crippen LogP contribution < -0.4 is 4.90 Å². The number of rotatable bonds is 3. The molecule has 0 bridgehead atoms. The smallest absolute Gasteiger partial charge is 0.475 e. The maximum Gasteiger partial charge on any atom is 0.490 e. The Balaban J connectivity index is 0.000000396. The van der Waals surface area contributed by atoms with E-state index in [2.05, 4.69) is 44.0 Å². The summed E-state index contributed by atoms with van der Waals surface area (Å²) in [4.78, 5) is 40.2. The first-order chi connectivity index (χ1) is 20.7. The number of hydrogen-bond donors (Lipinski definition) is 3. The molecule has 1 unspecified atom stereocenters. The normalized spacial score (nSPS) is 18.6. The zero-order valence-corrected chi connectivity index (χ0v) is 22.9. The molecule has 2 fully saturated rings. The lowest BCUT2D eigenvalue weighted by atomic mass is 9.87. The third-order valence-electron chi connectivity index (χ3n) is 5.81. The highest BCUT2D eigenvalue weighted by molar-refractivity contribution is 5.73. The maximum atomic E-state index is 10.6. The number of pyridine rings is 2. The minimum absolute atomic E-state index is 0.209. The first-order valence-corrected chi connectivity index (χ1v) is 12.4. The summed E-state index contributed by atoms with van der Waals surface area (Å²) in [7, 11) is 0. The molecule has 45 heavy (non-hydrogen) atoms. The predicted molar refractivity (Wildman–Crippen MR) is 135 cm³/mol. The Morgan fingerprint density at radius 1 is 0.778 bits per heavy atom. The van der Waals surface area contributed by atoms with E-state index in [0.29, 0.717) is 0 Å². The molecule has 2 aliphatic rings. The molecule has 20 heteroatoms. The number of nitrogens with zero attached hydrogens (tertiary/aromatic N) is 4. The van der Waals surface area contributed by atoms with Gasteiger partial charge in [-0.2, -0.15) is 39.5 Å². The zero-order valence-electron chi connectivity index (χ0n) is 22.9. The lowest BCUT2D eigenvalue weighted by Crippen LogP contribution is -2.40. The first-order valence-electron chi connectivity index (χ1n) is 12.4. The monoisotopic (exact) mass is 666 g/mol. The zero-order chi connectivity index (χ0) is 34.5. The second-order valence-corrected chi connectivity index (χ2v) is 9.39. The van der Waals surface area contributed by atoms with E-state index in [4.69, 9.17) is 34.4 Å². The molecule has 2 aliphatic heterocycles. The molecular weight excluding hydrogens is 639 g/mol. The predicted octanol–water partition coefficient (Wildman–Crippen LogP) is 4.11. The molecule has 11 nitrogen and oxygen atoms in total. The lowest BCUT2D eigenvalue weighted by molar-refractivity contribution is -0.193. The average molecular weight is 666 g/mol. The Labute approximate surface area is 248 Å². The molecule has 4 rings (SSSR count). The van der Waals surface area contributed by atoms with Crippen molar-refractivity contribution in [1.29, 1.82) is 0 Å². The number of hydrogen-bond acceptors (Lipinski definition) is 8. The van der Waals surface area contributed by atoms with E-state index >= 15 is 0 Å². The van der Waals surface area contributed by atoms with Gasteiger partial charge < -0.3 is 25.0 Å². The van der Waals surface area contributed by atoms with Gasteiger partial charge in [-0.15, -0.1) is 0 Å². The van der Waals surface area contributed by atoms with E-state index in [-0.39, 0.29) is 5.41 Å². The van der Waals surface area contributed by atoms with Gasteiger partial charge in [-0.05, 0) is 36.2 Å². The molecule has 252 valence electrons. The van der Waals surface area contributed by atoms with Gasteiger partial charge in [-0.25, -0.2) is 19.4 Å². The van der Waals surface area contributed by atoms with Crippen LogP contribution >= 0.6 is 0 Å². The Bertz CT molecular complexity index is 1160. The standard InChI is InChI=1S/C19H24N4O.3C2HF3O2/c1-2-7-21-18(3-1)23-10-6-19(15-23)14-22(11-12-24-16-19)13-17-4-8-20-9-5-17;3*3-2(4,5)1(6)7/h1-5,7-9H,6,10-16H2;3*(H,6,7). The Morgan fingerprint density at radius 2 is 1.29 bits per heavy atom. The van der Waals surface area contributed by atoms with Gasteiger partial charge in [0.25, 0.3) is 0 Å². The summed E-state index contributed by atoms with van der Waals surface area (Å²) < 4.78 is 101. The van der Waals surface area contributed by atoms with Crippen LogP contribution in [0.5, 0.6) is 0 Å². The van der Waals surface area contributed by atoms with E-state index in [0.717, 1.165) is 58.2 Å². The maximum absolute atomic E-state index is 10.6. The number of alkyl halides is 9. The summed E-state index contributed by atoms with van der Waals surface area (Å²) in [5.74, 6) is -7.19. The lowest BCUT2D eigenvalue weighted by Gasteiger charge is -2.32. The van der Waals surface area contributed by atoms with E-state index in [1.165, 1.54) is 5.56 Å². The minimum atomic E-state index is -5.08. The van der Waals surface area contributed by atoms with E-state index < -0.39 is 36.4 Å². The van der Waals surface area contributed by atoms with Crippen molar-refractivity contribution in [2.24, 2.45) is 5.41 Å². The number of anilines is 1. The fourth-order valence-electron chi connectivity index (χ4n) is 3.88. The van der Waals surface area contributed by atoms with Crippen LogP contribution in [0.2, 0.25) is 0 Å². The largest absolute Gasteiger partial charge is 0.490 e. The number of carbonyl (C=O) groups is 3. The van der Waals surface area contributed by atoms with Crippen LogP contribution in [-0.4, -0.2) is 106 Å². The molecule has 1 spiro atoms. The van der Waals surface area contributed by atoms with Gasteiger partial charge in [0.05, 0.1) is 13.2 Å². The second-order valence-electron chi connectivity index (χ2n) is 9.39. The number of carboxylic acids is 3. The van der Waals surface area contributed by atoms with Gasteiger partial charge >= 0.3 is 36.4 Å². The van der Waals surface area contributed by atoms with Gasteiger partial charge in [-0.3, -0.25) is 9.88 Å². The Hall–Kier alpha value is -4.20. The molecule has 0 amide bonds. The molecule has 0 saturated carbocycles.